The summed E-state index contributed by atoms with van der Waals surface area (Å²) in [7, 11) is 1.66. The summed E-state index contributed by atoms with van der Waals surface area (Å²) in [5.41, 5.74) is 1.51. The minimum atomic E-state index is -0.195. The number of ether oxygens (including phenoxy) is 1. The lowest BCUT2D eigenvalue weighted by Crippen LogP contribution is -2.28. The Morgan fingerprint density at radius 3 is 2.75 bits per heavy atom. The Hall–Kier alpha value is -2.63. The Labute approximate surface area is 142 Å². The number of hydrogen-bond acceptors (Lipinski definition) is 5. The normalized spacial score (nSPS) is 10.5. The maximum absolute atomic E-state index is 11.9. The number of rotatable bonds is 8. The molecule has 0 aliphatic heterocycles. The molecule has 0 aliphatic rings. The molecule has 24 heavy (non-hydrogen) atoms. The highest BCUT2D eigenvalue weighted by Gasteiger charge is 2.08. The number of carbonyl (C=O) groups is 1. The van der Waals surface area contributed by atoms with Gasteiger partial charge in [0, 0.05) is 13.1 Å². The van der Waals surface area contributed by atoms with Crippen LogP contribution in [0.1, 0.15) is 29.9 Å². The monoisotopic (exact) mass is 328 g/mol. The Kier molecular flexibility index (Phi) is 6.54. The van der Waals surface area contributed by atoms with Gasteiger partial charge in [-0.15, -0.1) is 0 Å². The van der Waals surface area contributed by atoms with Crippen LogP contribution in [0.5, 0.6) is 5.75 Å². The number of carbonyl (C=O) groups excluding carboxylic acids is 1. The van der Waals surface area contributed by atoms with Crippen LogP contribution in [0, 0.1) is 5.92 Å². The molecule has 0 unspecified atom stereocenters. The molecule has 2 rings (SSSR count). The lowest BCUT2D eigenvalue weighted by Gasteiger charge is -2.08. The number of amides is 1. The molecule has 1 amide bonds. The largest absolute Gasteiger partial charge is 0.497 e. The van der Waals surface area contributed by atoms with Gasteiger partial charge in [-0.05, 0) is 30.0 Å². The topological polar surface area (TPSA) is 76.1 Å². The molecule has 0 spiro atoms. The van der Waals surface area contributed by atoms with Crippen LogP contribution in [0.25, 0.3) is 0 Å². The summed E-state index contributed by atoms with van der Waals surface area (Å²) in [6, 6.07) is 7.96. The van der Waals surface area contributed by atoms with Crippen molar-refractivity contribution >= 4 is 11.7 Å². The van der Waals surface area contributed by atoms with Gasteiger partial charge in [0.2, 0.25) is 0 Å². The molecule has 128 valence electrons. The Bertz CT molecular complexity index is 656. The summed E-state index contributed by atoms with van der Waals surface area (Å²) in [5.74, 6) is 1.71. The van der Waals surface area contributed by atoms with E-state index in [1.807, 2.05) is 32.0 Å². The van der Waals surface area contributed by atoms with E-state index in [4.69, 9.17) is 4.74 Å². The second-order valence-electron chi connectivity index (χ2n) is 5.92. The Balaban J connectivity index is 1.82. The third kappa shape index (κ3) is 5.53. The highest BCUT2D eigenvalue weighted by Crippen LogP contribution is 2.13. The Morgan fingerprint density at radius 2 is 2.08 bits per heavy atom. The minimum absolute atomic E-state index is 0.195. The minimum Gasteiger partial charge on any atom is -0.497 e. The maximum atomic E-state index is 11.9. The average molecular weight is 328 g/mol. The molecule has 1 aromatic heterocycles. The predicted octanol–water partition coefficient (Wildman–Crippen LogP) is 2.53. The van der Waals surface area contributed by atoms with E-state index < -0.39 is 0 Å². The van der Waals surface area contributed by atoms with E-state index >= 15 is 0 Å². The van der Waals surface area contributed by atoms with E-state index in [0.717, 1.165) is 18.7 Å². The van der Waals surface area contributed by atoms with Crippen molar-refractivity contribution in [3.63, 3.8) is 0 Å². The molecule has 0 atom stereocenters. The van der Waals surface area contributed by atoms with Crippen LogP contribution in [0.15, 0.2) is 36.7 Å². The zero-order valence-corrected chi connectivity index (χ0v) is 14.4. The van der Waals surface area contributed by atoms with Crippen LogP contribution in [0.4, 0.5) is 5.82 Å². The lowest BCUT2D eigenvalue weighted by atomic mass is 10.1. The molecule has 2 aromatic rings. The molecule has 0 saturated carbocycles. The second kappa shape index (κ2) is 8.86. The van der Waals surface area contributed by atoms with Crippen molar-refractivity contribution in [2.45, 2.75) is 20.3 Å². The van der Waals surface area contributed by atoms with Gasteiger partial charge in [0.05, 0.1) is 19.5 Å². The summed E-state index contributed by atoms with van der Waals surface area (Å²) in [6.45, 7) is 5.43. The molecule has 6 heteroatoms. The van der Waals surface area contributed by atoms with Crippen molar-refractivity contribution in [3.8, 4) is 5.75 Å². The molecule has 6 nitrogen and oxygen atoms in total. The van der Waals surface area contributed by atoms with E-state index in [-0.39, 0.29) is 5.91 Å². The van der Waals surface area contributed by atoms with Crippen LogP contribution in [-0.2, 0) is 6.42 Å². The van der Waals surface area contributed by atoms with E-state index in [1.165, 1.54) is 11.8 Å². The zero-order chi connectivity index (χ0) is 17.4. The summed E-state index contributed by atoms with van der Waals surface area (Å²) in [5, 5.41) is 6.02. The third-order valence-corrected chi connectivity index (χ3v) is 3.41. The molecule has 0 bridgehead atoms. The van der Waals surface area contributed by atoms with Gasteiger partial charge in [-0.1, -0.05) is 26.0 Å². The molecule has 0 fully saturated rings. The quantitative estimate of drug-likeness (QED) is 0.779. The molecule has 2 N–H and O–H groups in total. The standard InChI is InChI=1S/C18H24N4O2/c1-13(2)10-22-18(23)16-11-21-17(12-20-16)19-8-7-14-5-4-6-15(9-14)24-3/h4-6,9,11-13H,7-8,10H2,1-3H3,(H,19,21)(H,22,23). The highest BCUT2D eigenvalue weighted by molar-refractivity contribution is 5.91. The van der Waals surface area contributed by atoms with Crippen molar-refractivity contribution in [2.24, 2.45) is 5.92 Å². The molecular weight excluding hydrogens is 304 g/mol. The fraction of sp³-hybridized carbons (Fsp3) is 0.389. The van der Waals surface area contributed by atoms with Crippen molar-refractivity contribution in [3.05, 3.63) is 47.9 Å². The first-order chi connectivity index (χ1) is 11.6. The van der Waals surface area contributed by atoms with Crippen molar-refractivity contribution < 1.29 is 9.53 Å². The van der Waals surface area contributed by atoms with E-state index in [2.05, 4.69) is 26.7 Å². The second-order valence-corrected chi connectivity index (χ2v) is 5.92. The third-order valence-electron chi connectivity index (χ3n) is 3.41. The van der Waals surface area contributed by atoms with Gasteiger partial charge in [-0.3, -0.25) is 4.79 Å². The number of nitrogens with one attached hydrogen (secondary N) is 2. The highest BCUT2D eigenvalue weighted by atomic mass is 16.5. The number of anilines is 1. The van der Waals surface area contributed by atoms with Crippen molar-refractivity contribution in [1.82, 2.24) is 15.3 Å². The van der Waals surface area contributed by atoms with Crippen LogP contribution in [-0.4, -0.2) is 36.1 Å². The zero-order valence-electron chi connectivity index (χ0n) is 14.4. The molecule has 1 heterocycles. The van der Waals surface area contributed by atoms with Crippen LogP contribution in [0.2, 0.25) is 0 Å². The van der Waals surface area contributed by atoms with Gasteiger partial charge in [-0.25, -0.2) is 9.97 Å². The van der Waals surface area contributed by atoms with Gasteiger partial charge >= 0.3 is 0 Å². The fourth-order valence-corrected chi connectivity index (χ4v) is 2.09. The van der Waals surface area contributed by atoms with E-state index in [0.29, 0.717) is 24.0 Å². The number of methoxy groups -OCH3 is 1. The number of aromatic nitrogens is 2. The van der Waals surface area contributed by atoms with Gasteiger partial charge < -0.3 is 15.4 Å². The molecule has 0 radical (unpaired) electrons. The lowest BCUT2D eigenvalue weighted by molar-refractivity contribution is 0.0943. The first-order valence-electron chi connectivity index (χ1n) is 8.05. The van der Waals surface area contributed by atoms with Gasteiger partial charge in [0.15, 0.2) is 0 Å². The predicted molar refractivity (Wildman–Crippen MR) is 94.4 cm³/mol. The molecular formula is C18H24N4O2. The molecule has 1 aromatic carbocycles. The number of nitrogens with zero attached hydrogens (tertiary/aromatic N) is 2. The smallest absolute Gasteiger partial charge is 0.271 e. The molecule has 0 saturated heterocycles. The van der Waals surface area contributed by atoms with E-state index in [9.17, 15) is 4.79 Å². The van der Waals surface area contributed by atoms with Gasteiger partial charge in [0.25, 0.3) is 5.91 Å². The summed E-state index contributed by atoms with van der Waals surface area (Å²) >= 11 is 0. The summed E-state index contributed by atoms with van der Waals surface area (Å²) < 4.78 is 5.21. The van der Waals surface area contributed by atoms with Crippen LogP contribution in [0.3, 0.4) is 0 Å². The van der Waals surface area contributed by atoms with E-state index in [1.54, 1.807) is 13.3 Å². The summed E-state index contributed by atoms with van der Waals surface area (Å²) in [4.78, 5) is 20.3. The van der Waals surface area contributed by atoms with Gasteiger partial charge in [-0.2, -0.15) is 0 Å². The maximum Gasteiger partial charge on any atom is 0.271 e. The summed E-state index contributed by atoms with van der Waals surface area (Å²) in [6.07, 6.45) is 3.91. The fourth-order valence-electron chi connectivity index (χ4n) is 2.09. The van der Waals surface area contributed by atoms with Crippen LogP contribution < -0.4 is 15.4 Å². The average Bonchev–Trinajstić information content (AvgIpc) is 2.60. The SMILES string of the molecule is COc1cccc(CCNc2cnc(C(=O)NCC(C)C)cn2)c1. The van der Waals surface area contributed by atoms with Crippen LogP contribution >= 0.6 is 0 Å². The number of benzene rings is 1. The van der Waals surface area contributed by atoms with Gasteiger partial charge in [0.1, 0.15) is 17.3 Å². The first-order valence-corrected chi connectivity index (χ1v) is 8.05. The number of hydrogen-bond donors (Lipinski definition) is 2. The Morgan fingerprint density at radius 1 is 1.25 bits per heavy atom. The molecule has 0 aliphatic carbocycles. The first kappa shape index (κ1) is 17.7. The van der Waals surface area contributed by atoms with Crippen molar-refractivity contribution in [1.29, 1.82) is 0 Å². The van der Waals surface area contributed by atoms with Crippen molar-refractivity contribution in [2.75, 3.05) is 25.5 Å².